The Labute approximate surface area is 136 Å². The third kappa shape index (κ3) is 5.02. The number of carbonyl (C=O) groups is 1. The summed E-state index contributed by atoms with van der Waals surface area (Å²) in [7, 11) is 0. The molecule has 2 aromatic rings. The SMILES string of the molecule is CCn1ccnc1CNc1ccccc1NC(=O)OC(C)(C)C. The van der Waals surface area contributed by atoms with E-state index in [4.69, 9.17) is 4.74 Å². The normalized spacial score (nSPS) is 11.1. The van der Waals surface area contributed by atoms with Gasteiger partial charge in [-0.1, -0.05) is 12.1 Å². The van der Waals surface area contributed by atoms with Crippen molar-refractivity contribution >= 4 is 17.5 Å². The van der Waals surface area contributed by atoms with Gasteiger partial charge in [0.2, 0.25) is 0 Å². The van der Waals surface area contributed by atoms with Gasteiger partial charge in [-0.05, 0) is 39.8 Å². The van der Waals surface area contributed by atoms with Gasteiger partial charge in [0.25, 0.3) is 0 Å². The van der Waals surface area contributed by atoms with Crippen molar-refractivity contribution in [2.24, 2.45) is 0 Å². The van der Waals surface area contributed by atoms with Crippen LogP contribution in [-0.2, 0) is 17.8 Å². The van der Waals surface area contributed by atoms with Crippen LogP contribution in [-0.4, -0.2) is 21.2 Å². The van der Waals surface area contributed by atoms with E-state index in [1.807, 2.05) is 51.2 Å². The molecular weight excluding hydrogens is 292 g/mol. The summed E-state index contributed by atoms with van der Waals surface area (Å²) < 4.78 is 7.36. The molecule has 1 amide bonds. The smallest absolute Gasteiger partial charge is 0.412 e. The zero-order valence-electron chi connectivity index (χ0n) is 14.1. The van der Waals surface area contributed by atoms with Gasteiger partial charge in [-0.15, -0.1) is 0 Å². The van der Waals surface area contributed by atoms with E-state index >= 15 is 0 Å². The van der Waals surface area contributed by atoms with Crippen molar-refractivity contribution in [2.45, 2.75) is 46.4 Å². The predicted octanol–water partition coefficient (Wildman–Crippen LogP) is 3.86. The lowest BCUT2D eigenvalue weighted by Crippen LogP contribution is -2.27. The van der Waals surface area contributed by atoms with Crippen LogP contribution in [0.15, 0.2) is 36.7 Å². The predicted molar refractivity (Wildman–Crippen MR) is 91.5 cm³/mol. The zero-order valence-corrected chi connectivity index (χ0v) is 14.1. The molecule has 0 aliphatic carbocycles. The fraction of sp³-hybridized carbons (Fsp3) is 0.412. The van der Waals surface area contributed by atoms with E-state index in [2.05, 4.69) is 27.1 Å². The topological polar surface area (TPSA) is 68.2 Å². The number of imidazole rings is 1. The lowest BCUT2D eigenvalue weighted by atomic mass is 10.2. The molecule has 0 saturated heterocycles. The van der Waals surface area contributed by atoms with Crippen molar-refractivity contribution in [3.05, 3.63) is 42.5 Å². The third-order valence-electron chi connectivity index (χ3n) is 3.14. The maximum atomic E-state index is 11.9. The number of aryl methyl sites for hydroxylation is 1. The van der Waals surface area contributed by atoms with Gasteiger partial charge in [0.05, 0.1) is 17.9 Å². The van der Waals surface area contributed by atoms with Crippen LogP contribution < -0.4 is 10.6 Å². The number of ether oxygens (including phenoxy) is 1. The van der Waals surface area contributed by atoms with Gasteiger partial charge in [0.1, 0.15) is 11.4 Å². The minimum absolute atomic E-state index is 0.471. The second kappa shape index (κ2) is 7.17. The minimum Gasteiger partial charge on any atom is -0.444 e. The van der Waals surface area contributed by atoms with Crippen LogP contribution >= 0.6 is 0 Å². The van der Waals surface area contributed by atoms with Crippen LogP contribution in [0.2, 0.25) is 0 Å². The zero-order chi connectivity index (χ0) is 16.9. The van der Waals surface area contributed by atoms with Gasteiger partial charge in [0, 0.05) is 18.9 Å². The van der Waals surface area contributed by atoms with E-state index < -0.39 is 11.7 Å². The highest BCUT2D eigenvalue weighted by Crippen LogP contribution is 2.22. The number of aromatic nitrogens is 2. The first kappa shape index (κ1) is 16.9. The molecule has 124 valence electrons. The lowest BCUT2D eigenvalue weighted by Gasteiger charge is -2.20. The van der Waals surface area contributed by atoms with Gasteiger partial charge in [-0.25, -0.2) is 9.78 Å². The summed E-state index contributed by atoms with van der Waals surface area (Å²) >= 11 is 0. The first-order chi connectivity index (χ1) is 10.9. The average molecular weight is 316 g/mol. The van der Waals surface area contributed by atoms with Gasteiger partial charge in [-0.3, -0.25) is 5.32 Å². The molecule has 2 rings (SSSR count). The molecule has 0 aliphatic rings. The van der Waals surface area contributed by atoms with E-state index in [0.29, 0.717) is 12.2 Å². The maximum Gasteiger partial charge on any atom is 0.412 e. The number of hydrogen-bond acceptors (Lipinski definition) is 4. The molecule has 23 heavy (non-hydrogen) atoms. The van der Waals surface area contributed by atoms with E-state index in [1.54, 1.807) is 6.20 Å². The van der Waals surface area contributed by atoms with Crippen molar-refractivity contribution in [1.82, 2.24) is 9.55 Å². The molecule has 0 bridgehead atoms. The molecule has 0 fully saturated rings. The Bertz CT molecular complexity index is 659. The van der Waals surface area contributed by atoms with Gasteiger partial charge in [0.15, 0.2) is 0 Å². The summed E-state index contributed by atoms with van der Waals surface area (Å²) in [5.74, 6) is 0.944. The number of nitrogens with one attached hydrogen (secondary N) is 2. The molecule has 1 aromatic carbocycles. The highest BCUT2D eigenvalue weighted by atomic mass is 16.6. The van der Waals surface area contributed by atoms with Gasteiger partial charge in [-0.2, -0.15) is 0 Å². The summed E-state index contributed by atoms with van der Waals surface area (Å²) in [6.45, 7) is 9.02. The Morgan fingerprint density at radius 3 is 2.61 bits per heavy atom. The average Bonchev–Trinajstić information content (AvgIpc) is 2.91. The molecule has 0 unspecified atom stereocenters. The number of rotatable bonds is 5. The number of nitrogens with zero attached hydrogens (tertiary/aromatic N) is 2. The number of para-hydroxylation sites is 2. The standard InChI is InChI=1S/C17H24N4O2/c1-5-21-11-10-18-15(21)12-19-13-8-6-7-9-14(13)20-16(22)23-17(2,3)4/h6-11,19H,5,12H2,1-4H3,(H,20,22). The summed E-state index contributed by atoms with van der Waals surface area (Å²) in [6.07, 6.45) is 3.26. The largest absolute Gasteiger partial charge is 0.444 e. The summed E-state index contributed by atoms with van der Waals surface area (Å²) in [6, 6.07) is 7.52. The van der Waals surface area contributed by atoms with E-state index in [9.17, 15) is 4.79 Å². The number of anilines is 2. The van der Waals surface area contributed by atoms with Crippen molar-refractivity contribution in [3.63, 3.8) is 0 Å². The van der Waals surface area contributed by atoms with Crippen LogP contribution in [0, 0.1) is 0 Å². The van der Waals surface area contributed by atoms with Crippen LogP contribution in [0.5, 0.6) is 0 Å². The first-order valence-electron chi connectivity index (χ1n) is 7.72. The second-order valence-corrected chi connectivity index (χ2v) is 6.16. The number of hydrogen-bond donors (Lipinski definition) is 2. The fourth-order valence-corrected chi connectivity index (χ4v) is 2.13. The van der Waals surface area contributed by atoms with Crippen LogP contribution in [0.3, 0.4) is 0 Å². The molecule has 0 spiro atoms. The highest BCUT2D eigenvalue weighted by Gasteiger charge is 2.17. The fourth-order valence-electron chi connectivity index (χ4n) is 2.13. The quantitative estimate of drug-likeness (QED) is 0.879. The van der Waals surface area contributed by atoms with Crippen LogP contribution in [0.1, 0.15) is 33.5 Å². The molecule has 2 N–H and O–H groups in total. The molecule has 0 aliphatic heterocycles. The molecule has 0 saturated carbocycles. The maximum absolute atomic E-state index is 11.9. The number of benzene rings is 1. The molecule has 6 heteroatoms. The summed E-state index contributed by atoms with van der Waals surface area (Å²) in [4.78, 5) is 16.3. The Kier molecular flexibility index (Phi) is 5.26. The first-order valence-corrected chi connectivity index (χ1v) is 7.72. The van der Waals surface area contributed by atoms with Crippen LogP contribution in [0.4, 0.5) is 16.2 Å². The Morgan fingerprint density at radius 2 is 1.96 bits per heavy atom. The molecule has 0 atom stereocenters. The third-order valence-corrected chi connectivity index (χ3v) is 3.14. The molecule has 0 radical (unpaired) electrons. The molecular formula is C17H24N4O2. The summed E-state index contributed by atoms with van der Waals surface area (Å²) in [5.41, 5.74) is 0.971. The van der Waals surface area contributed by atoms with Crippen molar-refractivity contribution in [3.8, 4) is 0 Å². The number of amides is 1. The van der Waals surface area contributed by atoms with Crippen molar-refractivity contribution < 1.29 is 9.53 Å². The monoisotopic (exact) mass is 316 g/mol. The van der Waals surface area contributed by atoms with E-state index in [-0.39, 0.29) is 0 Å². The molecule has 1 aromatic heterocycles. The Morgan fingerprint density at radius 1 is 1.26 bits per heavy atom. The van der Waals surface area contributed by atoms with Crippen molar-refractivity contribution in [1.29, 1.82) is 0 Å². The van der Waals surface area contributed by atoms with Crippen molar-refractivity contribution in [2.75, 3.05) is 10.6 Å². The Balaban J connectivity index is 2.04. The molecule has 1 heterocycles. The highest BCUT2D eigenvalue weighted by molar-refractivity contribution is 5.89. The second-order valence-electron chi connectivity index (χ2n) is 6.16. The van der Waals surface area contributed by atoms with Crippen LogP contribution in [0.25, 0.3) is 0 Å². The Hall–Kier alpha value is -2.50. The molecule has 6 nitrogen and oxygen atoms in total. The summed E-state index contributed by atoms with van der Waals surface area (Å²) in [5, 5.41) is 6.08. The number of carbonyl (C=O) groups excluding carboxylic acids is 1. The minimum atomic E-state index is -0.529. The van der Waals surface area contributed by atoms with E-state index in [1.165, 1.54) is 0 Å². The lowest BCUT2D eigenvalue weighted by molar-refractivity contribution is 0.0636. The van der Waals surface area contributed by atoms with Gasteiger partial charge < -0.3 is 14.6 Å². The van der Waals surface area contributed by atoms with E-state index in [0.717, 1.165) is 18.1 Å². The van der Waals surface area contributed by atoms with Gasteiger partial charge >= 0.3 is 6.09 Å².